The minimum atomic E-state index is -4.68. The summed E-state index contributed by atoms with van der Waals surface area (Å²) in [5.41, 5.74) is 1.38. The van der Waals surface area contributed by atoms with Crippen molar-refractivity contribution >= 4 is 28.7 Å². The second-order valence-corrected chi connectivity index (χ2v) is 11.6. The molecule has 0 unspecified atom stereocenters. The number of hydrogen-bond donors (Lipinski definition) is 1. The second kappa shape index (κ2) is 13.0. The Bertz CT molecular complexity index is 1710. The number of terminal acetylenes is 1. The van der Waals surface area contributed by atoms with Crippen LogP contribution in [0.3, 0.4) is 0 Å². The number of Topliss-reactive ketones (excluding diaryl/α,β-unsaturated/α-hetero) is 2. The molecule has 1 N–H and O–H groups in total. The number of rotatable bonds is 12. The summed E-state index contributed by atoms with van der Waals surface area (Å²) in [4.78, 5) is 34.0. The fourth-order valence-electron chi connectivity index (χ4n) is 5.99. The van der Waals surface area contributed by atoms with Gasteiger partial charge in [0.1, 0.15) is 12.3 Å². The van der Waals surface area contributed by atoms with Gasteiger partial charge in [-0.3, -0.25) is 18.7 Å². The SMILES string of the molecule is C#CCn1cc(-c2cnc3c(Nc4ccc(C(=O)CCCCCC(=O)[C@H]5CC[C@H](C)C5)c(C)c4)nccn23)c(C(F)(F)F)n1. The largest absolute Gasteiger partial charge is 0.435 e. The minimum absolute atomic E-state index is 0.0500. The van der Waals surface area contributed by atoms with E-state index in [0.29, 0.717) is 47.3 Å². The first-order valence-electron chi connectivity index (χ1n) is 14.9. The summed E-state index contributed by atoms with van der Waals surface area (Å²) in [5.74, 6) is 3.93. The lowest BCUT2D eigenvalue weighted by atomic mass is 9.95. The molecule has 5 rings (SSSR count). The van der Waals surface area contributed by atoms with Crippen molar-refractivity contribution in [3.63, 3.8) is 0 Å². The van der Waals surface area contributed by atoms with Gasteiger partial charge in [0.05, 0.1) is 17.5 Å². The van der Waals surface area contributed by atoms with Gasteiger partial charge in [0.2, 0.25) is 0 Å². The van der Waals surface area contributed by atoms with Crippen LogP contribution in [0.25, 0.3) is 16.9 Å². The van der Waals surface area contributed by atoms with Gasteiger partial charge >= 0.3 is 6.18 Å². The molecule has 1 aliphatic rings. The van der Waals surface area contributed by atoms with E-state index in [0.717, 1.165) is 48.8 Å². The van der Waals surface area contributed by atoms with E-state index in [4.69, 9.17) is 6.42 Å². The summed E-state index contributed by atoms with van der Waals surface area (Å²) >= 11 is 0. The molecule has 8 nitrogen and oxygen atoms in total. The maximum Gasteiger partial charge on any atom is 0.435 e. The Morgan fingerprint density at radius 3 is 2.64 bits per heavy atom. The highest BCUT2D eigenvalue weighted by Gasteiger charge is 2.38. The molecule has 0 amide bonds. The molecular weight excluding hydrogens is 569 g/mol. The second-order valence-electron chi connectivity index (χ2n) is 11.6. The van der Waals surface area contributed by atoms with Crippen molar-refractivity contribution in [3.8, 4) is 23.6 Å². The van der Waals surface area contributed by atoms with Crippen molar-refractivity contribution < 1.29 is 22.8 Å². The van der Waals surface area contributed by atoms with E-state index in [9.17, 15) is 22.8 Å². The Labute approximate surface area is 254 Å². The summed E-state index contributed by atoms with van der Waals surface area (Å²) < 4.78 is 43.9. The van der Waals surface area contributed by atoms with Crippen LogP contribution in [0.2, 0.25) is 0 Å². The van der Waals surface area contributed by atoms with Gasteiger partial charge in [-0.25, -0.2) is 9.97 Å². The van der Waals surface area contributed by atoms with Crippen molar-refractivity contribution in [1.82, 2.24) is 24.1 Å². The third-order valence-corrected chi connectivity index (χ3v) is 8.25. The van der Waals surface area contributed by atoms with Gasteiger partial charge in [-0.05, 0) is 68.7 Å². The molecule has 1 aromatic carbocycles. The summed E-state index contributed by atoms with van der Waals surface area (Å²) in [5, 5.41) is 6.82. The van der Waals surface area contributed by atoms with Gasteiger partial charge in [-0.1, -0.05) is 19.3 Å². The smallest absolute Gasteiger partial charge is 0.337 e. The Morgan fingerprint density at radius 1 is 1.14 bits per heavy atom. The maximum atomic E-state index is 13.8. The molecule has 44 heavy (non-hydrogen) atoms. The fourth-order valence-corrected chi connectivity index (χ4v) is 5.99. The Kier molecular flexibility index (Phi) is 9.18. The lowest BCUT2D eigenvalue weighted by Crippen LogP contribution is -2.10. The molecule has 4 aromatic rings. The Hall–Kier alpha value is -4.46. The van der Waals surface area contributed by atoms with E-state index in [2.05, 4.69) is 33.2 Å². The lowest BCUT2D eigenvalue weighted by molar-refractivity contribution is -0.141. The number of imidazole rings is 1. The van der Waals surface area contributed by atoms with Crippen LogP contribution in [-0.2, 0) is 17.5 Å². The topological polar surface area (TPSA) is 94.2 Å². The number of benzene rings is 1. The van der Waals surface area contributed by atoms with Crippen LogP contribution in [0.4, 0.5) is 24.7 Å². The predicted octanol–water partition coefficient (Wildman–Crippen LogP) is 7.44. The third-order valence-electron chi connectivity index (χ3n) is 8.25. The zero-order valence-electron chi connectivity index (χ0n) is 24.8. The molecule has 230 valence electrons. The average molecular weight is 605 g/mol. The molecule has 2 atom stereocenters. The number of hydrogen-bond acceptors (Lipinski definition) is 6. The van der Waals surface area contributed by atoms with Crippen LogP contribution >= 0.6 is 0 Å². The molecule has 0 spiro atoms. The van der Waals surface area contributed by atoms with Crippen molar-refractivity contribution in [3.05, 3.63) is 59.8 Å². The Morgan fingerprint density at radius 2 is 1.93 bits per heavy atom. The number of ketones is 2. The minimum Gasteiger partial charge on any atom is -0.337 e. The Balaban J connectivity index is 1.23. The molecule has 3 heterocycles. The van der Waals surface area contributed by atoms with Crippen molar-refractivity contribution in [2.24, 2.45) is 11.8 Å². The zero-order valence-corrected chi connectivity index (χ0v) is 24.8. The first kappa shape index (κ1) is 31.0. The van der Waals surface area contributed by atoms with E-state index >= 15 is 0 Å². The number of carbonyl (C=O) groups excluding carboxylic acids is 2. The van der Waals surface area contributed by atoms with Gasteiger partial charge in [0, 0.05) is 48.6 Å². The highest BCUT2D eigenvalue weighted by atomic mass is 19.4. The quantitative estimate of drug-likeness (QED) is 0.103. The number of unbranched alkanes of at least 4 members (excludes halogenated alkanes) is 2. The molecular formula is C33H35F3N6O2. The molecule has 1 fully saturated rings. The van der Waals surface area contributed by atoms with Gasteiger partial charge in [-0.2, -0.15) is 18.3 Å². The van der Waals surface area contributed by atoms with Crippen molar-refractivity contribution in [2.75, 3.05) is 5.32 Å². The highest BCUT2D eigenvalue weighted by molar-refractivity contribution is 5.98. The van der Waals surface area contributed by atoms with Gasteiger partial charge < -0.3 is 5.32 Å². The highest BCUT2D eigenvalue weighted by Crippen LogP contribution is 2.37. The van der Waals surface area contributed by atoms with E-state index in [1.807, 2.05) is 13.0 Å². The molecule has 0 radical (unpaired) electrons. The van der Waals surface area contributed by atoms with E-state index < -0.39 is 11.9 Å². The number of anilines is 2. The summed E-state index contributed by atoms with van der Waals surface area (Å²) in [7, 11) is 0. The van der Waals surface area contributed by atoms with Crippen LogP contribution in [0.5, 0.6) is 0 Å². The van der Waals surface area contributed by atoms with Gasteiger partial charge in [-0.15, -0.1) is 6.42 Å². The van der Waals surface area contributed by atoms with Crippen LogP contribution < -0.4 is 5.32 Å². The molecule has 1 aliphatic carbocycles. The van der Waals surface area contributed by atoms with Crippen LogP contribution in [0.15, 0.2) is 43.0 Å². The number of aryl methyl sites for hydroxylation is 1. The van der Waals surface area contributed by atoms with Crippen molar-refractivity contribution in [2.45, 2.75) is 77.9 Å². The van der Waals surface area contributed by atoms with Crippen molar-refractivity contribution in [1.29, 1.82) is 0 Å². The van der Waals surface area contributed by atoms with E-state index in [1.54, 1.807) is 12.1 Å². The predicted molar refractivity (Wildman–Crippen MR) is 161 cm³/mol. The first-order valence-corrected chi connectivity index (χ1v) is 14.9. The number of nitrogens with zero attached hydrogens (tertiary/aromatic N) is 5. The number of carbonyl (C=O) groups is 2. The molecule has 0 bridgehead atoms. The van der Waals surface area contributed by atoms with Crippen LogP contribution in [0, 0.1) is 31.1 Å². The monoisotopic (exact) mass is 604 g/mol. The first-order chi connectivity index (χ1) is 21.0. The third kappa shape index (κ3) is 6.85. The normalized spacial score (nSPS) is 16.7. The number of aromatic nitrogens is 5. The van der Waals surface area contributed by atoms with Crippen LogP contribution in [-0.4, -0.2) is 35.7 Å². The average Bonchev–Trinajstić information content (AvgIpc) is 3.71. The summed E-state index contributed by atoms with van der Waals surface area (Å²) in [6.45, 7) is 3.95. The summed E-state index contributed by atoms with van der Waals surface area (Å²) in [6.07, 6.45) is 12.8. The lowest BCUT2D eigenvalue weighted by Gasteiger charge is -2.11. The van der Waals surface area contributed by atoms with E-state index in [1.165, 1.54) is 29.2 Å². The molecule has 0 saturated heterocycles. The van der Waals surface area contributed by atoms with E-state index in [-0.39, 0.29) is 29.5 Å². The maximum absolute atomic E-state index is 13.8. The number of nitrogens with one attached hydrogen (secondary N) is 1. The van der Waals surface area contributed by atoms with Gasteiger partial charge in [0.25, 0.3) is 0 Å². The number of alkyl halides is 3. The van der Waals surface area contributed by atoms with Crippen LogP contribution in [0.1, 0.15) is 79.9 Å². The standard InChI is InChI=1S/C33H35F3N6O2/c1-4-15-41-20-26(30(40-41)33(34,35)36)27-19-38-32-31(37-14-16-42(27)32)39-24-12-13-25(22(3)18-24)29(44)9-7-5-6-8-28(43)23-11-10-21(2)17-23/h1,12-14,16,18-21,23H,5-11,15,17H2,2-3H3,(H,37,39)/t21-,23-/m0/s1. The zero-order chi connectivity index (χ0) is 31.4. The number of halogens is 3. The summed E-state index contributed by atoms with van der Waals surface area (Å²) in [6, 6.07) is 5.36. The molecule has 0 aliphatic heterocycles. The van der Waals surface area contributed by atoms with Gasteiger partial charge in [0.15, 0.2) is 22.9 Å². The fraction of sp³-hybridized carbons (Fsp3) is 0.424. The molecule has 1 saturated carbocycles. The molecule has 3 aromatic heterocycles. The molecule has 11 heteroatoms. The number of fused-ring (bicyclic) bond motifs is 1.